The lowest BCUT2D eigenvalue weighted by molar-refractivity contribution is 1.18. The quantitative estimate of drug-likeness (QED) is 0.577. The van der Waals surface area contributed by atoms with Crippen molar-refractivity contribution in [2.75, 3.05) is 5.43 Å². The number of nitrogens with zero attached hydrogens (tertiary/aromatic N) is 3. The number of hydrazone groups is 1. The van der Waals surface area contributed by atoms with E-state index < -0.39 is 0 Å². The predicted molar refractivity (Wildman–Crippen MR) is 93.9 cm³/mol. The zero-order chi connectivity index (χ0) is 15.5. The van der Waals surface area contributed by atoms with Crippen molar-refractivity contribution in [3.63, 3.8) is 0 Å². The van der Waals surface area contributed by atoms with Crippen molar-refractivity contribution in [2.45, 2.75) is 27.2 Å². The first-order valence-corrected chi connectivity index (χ1v) is 8.08. The van der Waals surface area contributed by atoms with Crippen LogP contribution in [0.4, 0.5) is 5.82 Å². The van der Waals surface area contributed by atoms with Crippen LogP contribution in [-0.2, 0) is 6.42 Å². The van der Waals surface area contributed by atoms with Crippen molar-refractivity contribution in [2.24, 2.45) is 5.10 Å². The standard InChI is InChI=1S/C17H18N4S/c1-4-14-8-15-16(18-10-19-17(15)22-14)21-20-9-13-7-11(2)5-6-12(13)3/h5-10H,4H2,1-3H3,(H,18,19,21)/b20-9+. The average molecular weight is 310 g/mol. The number of anilines is 1. The lowest BCUT2D eigenvalue weighted by Crippen LogP contribution is -1.96. The predicted octanol–water partition coefficient (Wildman–Crippen LogP) is 4.32. The Balaban J connectivity index is 1.86. The summed E-state index contributed by atoms with van der Waals surface area (Å²) < 4.78 is 0. The molecule has 112 valence electrons. The lowest BCUT2D eigenvalue weighted by atomic mass is 10.1. The van der Waals surface area contributed by atoms with Crippen LogP contribution < -0.4 is 5.43 Å². The maximum atomic E-state index is 4.34. The summed E-state index contributed by atoms with van der Waals surface area (Å²) in [6, 6.07) is 8.46. The Hall–Kier alpha value is -2.27. The van der Waals surface area contributed by atoms with Crippen molar-refractivity contribution < 1.29 is 0 Å². The van der Waals surface area contributed by atoms with Crippen LogP contribution in [0.2, 0.25) is 0 Å². The fourth-order valence-corrected chi connectivity index (χ4v) is 3.17. The highest BCUT2D eigenvalue weighted by molar-refractivity contribution is 7.18. The van der Waals surface area contributed by atoms with Gasteiger partial charge in [0.1, 0.15) is 11.2 Å². The molecule has 0 radical (unpaired) electrons. The van der Waals surface area contributed by atoms with Crippen LogP contribution in [0.25, 0.3) is 10.2 Å². The van der Waals surface area contributed by atoms with E-state index in [4.69, 9.17) is 0 Å². The van der Waals surface area contributed by atoms with Crippen LogP contribution in [0, 0.1) is 13.8 Å². The molecule has 1 N–H and O–H groups in total. The Morgan fingerprint density at radius 2 is 2.09 bits per heavy atom. The summed E-state index contributed by atoms with van der Waals surface area (Å²) in [6.45, 7) is 6.30. The van der Waals surface area contributed by atoms with Gasteiger partial charge in [-0.1, -0.05) is 30.7 Å². The molecule has 0 amide bonds. The zero-order valence-electron chi connectivity index (χ0n) is 12.9. The molecule has 3 rings (SSSR count). The van der Waals surface area contributed by atoms with Gasteiger partial charge in [-0.05, 0) is 37.5 Å². The van der Waals surface area contributed by atoms with E-state index in [0.717, 1.165) is 28.0 Å². The van der Waals surface area contributed by atoms with Crippen molar-refractivity contribution >= 4 is 33.6 Å². The molecule has 2 aromatic heterocycles. The van der Waals surface area contributed by atoms with E-state index in [9.17, 15) is 0 Å². The van der Waals surface area contributed by atoms with Gasteiger partial charge in [0.15, 0.2) is 5.82 Å². The molecule has 0 atom stereocenters. The summed E-state index contributed by atoms with van der Waals surface area (Å²) in [6.07, 6.45) is 4.42. The van der Waals surface area contributed by atoms with Crippen LogP contribution in [0.3, 0.4) is 0 Å². The average Bonchev–Trinajstić information content (AvgIpc) is 2.95. The molecule has 0 aliphatic carbocycles. The van der Waals surface area contributed by atoms with Crippen LogP contribution in [-0.4, -0.2) is 16.2 Å². The van der Waals surface area contributed by atoms with Gasteiger partial charge in [-0.2, -0.15) is 5.10 Å². The highest BCUT2D eigenvalue weighted by Crippen LogP contribution is 2.28. The van der Waals surface area contributed by atoms with Crippen molar-refractivity contribution in [3.8, 4) is 0 Å². The van der Waals surface area contributed by atoms with E-state index in [1.807, 2.05) is 6.21 Å². The SMILES string of the molecule is CCc1cc2c(N/N=C/c3cc(C)ccc3C)ncnc2s1. The largest absolute Gasteiger partial charge is 0.261 e. The van der Waals surface area contributed by atoms with Gasteiger partial charge >= 0.3 is 0 Å². The van der Waals surface area contributed by atoms with Crippen LogP contribution in [0.5, 0.6) is 0 Å². The van der Waals surface area contributed by atoms with Crippen LogP contribution in [0.15, 0.2) is 35.7 Å². The van der Waals surface area contributed by atoms with E-state index in [2.05, 4.69) is 65.5 Å². The number of thiophene rings is 1. The number of benzene rings is 1. The van der Waals surface area contributed by atoms with E-state index >= 15 is 0 Å². The Morgan fingerprint density at radius 1 is 1.23 bits per heavy atom. The molecule has 0 aliphatic heterocycles. The second kappa shape index (κ2) is 6.23. The van der Waals surface area contributed by atoms with Gasteiger partial charge in [-0.3, -0.25) is 5.43 Å². The van der Waals surface area contributed by atoms with Gasteiger partial charge in [0.2, 0.25) is 0 Å². The number of nitrogens with one attached hydrogen (secondary N) is 1. The first-order chi connectivity index (χ1) is 10.7. The van der Waals surface area contributed by atoms with Gasteiger partial charge in [-0.15, -0.1) is 11.3 Å². The first-order valence-electron chi connectivity index (χ1n) is 7.27. The fraction of sp³-hybridized carbons (Fsp3) is 0.235. The zero-order valence-corrected chi connectivity index (χ0v) is 13.7. The fourth-order valence-electron chi connectivity index (χ4n) is 2.23. The first kappa shape index (κ1) is 14.7. The minimum Gasteiger partial charge on any atom is -0.261 e. The Kier molecular flexibility index (Phi) is 4.15. The van der Waals surface area contributed by atoms with Crippen LogP contribution in [0.1, 0.15) is 28.5 Å². The molecule has 0 fully saturated rings. The second-order valence-corrected chi connectivity index (χ2v) is 6.35. The molecule has 0 saturated carbocycles. The number of hydrogen-bond acceptors (Lipinski definition) is 5. The highest BCUT2D eigenvalue weighted by Gasteiger charge is 2.07. The van der Waals surface area contributed by atoms with Crippen LogP contribution >= 0.6 is 11.3 Å². The summed E-state index contributed by atoms with van der Waals surface area (Å²) in [5.41, 5.74) is 6.58. The molecule has 0 unspecified atom stereocenters. The van der Waals surface area contributed by atoms with E-state index in [0.29, 0.717) is 0 Å². The van der Waals surface area contributed by atoms with Crippen molar-refractivity contribution in [1.82, 2.24) is 9.97 Å². The van der Waals surface area contributed by atoms with Crippen molar-refractivity contribution in [3.05, 3.63) is 52.2 Å². The van der Waals surface area contributed by atoms with E-state index in [-0.39, 0.29) is 0 Å². The molecule has 22 heavy (non-hydrogen) atoms. The molecule has 5 heteroatoms. The highest BCUT2D eigenvalue weighted by atomic mass is 32.1. The number of fused-ring (bicyclic) bond motifs is 1. The summed E-state index contributed by atoms with van der Waals surface area (Å²) in [7, 11) is 0. The third kappa shape index (κ3) is 2.99. The molecule has 3 aromatic rings. The molecule has 1 aromatic carbocycles. The van der Waals surface area contributed by atoms with Gasteiger partial charge < -0.3 is 0 Å². The summed E-state index contributed by atoms with van der Waals surface area (Å²) in [5.74, 6) is 0.752. The lowest BCUT2D eigenvalue weighted by Gasteiger charge is -2.02. The molecular formula is C17H18N4S. The molecule has 2 heterocycles. The summed E-state index contributed by atoms with van der Waals surface area (Å²) in [5, 5.41) is 5.37. The smallest absolute Gasteiger partial charge is 0.158 e. The molecule has 0 spiro atoms. The van der Waals surface area contributed by atoms with Gasteiger partial charge in [0.05, 0.1) is 11.6 Å². The number of aryl methyl sites for hydroxylation is 3. The minimum atomic E-state index is 0.752. The number of aromatic nitrogens is 2. The molecule has 0 saturated heterocycles. The second-order valence-electron chi connectivity index (χ2n) is 5.24. The molecule has 0 bridgehead atoms. The van der Waals surface area contributed by atoms with E-state index in [1.54, 1.807) is 17.7 Å². The topological polar surface area (TPSA) is 50.2 Å². The number of rotatable bonds is 4. The number of hydrogen-bond donors (Lipinski definition) is 1. The molecule has 4 nitrogen and oxygen atoms in total. The van der Waals surface area contributed by atoms with E-state index in [1.165, 1.54) is 16.0 Å². The molecule has 0 aliphatic rings. The molecular weight excluding hydrogens is 292 g/mol. The normalized spacial score (nSPS) is 11.4. The van der Waals surface area contributed by atoms with Gasteiger partial charge in [-0.25, -0.2) is 9.97 Å². The maximum absolute atomic E-state index is 4.34. The third-order valence-corrected chi connectivity index (χ3v) is 4.73. The third-order valence-electron chi connectivity index (χ3n) is 3.54. The maximum Gasteiger partial charge on any atom is 0.158 e. The van der Waals surface area contributed by atoms with Gasteiger partial charge in [0, 0.05) is 4.88 Å². The summed E-state index contributed by atoms with van der Waals surface area (Å²) >= 11 is 1.70. The van der Waals surface area contributed by atoms with Crippen molar-refractivity contribution in [1.29, 1.82) is 0 Å². The Morgan fingerprint density at radius 3 is 2.91 bits per heavy atom. The summed E-state index contributed by atoms with van der Waals surface area (Å²) in [4.78, 5) is 10.9. The van der Waals surface area contributed by atoms with Gasteiger partial charge in [0.25, 0.3) is 0 Å². The Bertz CT molecular complexity index is 836. The monoisotopic (exact) mass is 310 g/mol. The Labute approximate surface area is 133 Å². The minimum absolute atomic E-state index is 0.752.